The molecule has 14 nitrogen and oxygen atoms in total. The minimum Gasteiger partial charge on any atom is -0.375 e. The highest BCUT2D eigenvalue weighted by Crippen LogP contribution is 2.11. The van der Waals surface area contributed by atoms with Crippen LogP contribution in [-0.2, 0) is 35.7 Å². The molecule has 4 aromatic rings. The van der Waals surface area contributed by atoms with Crippen LogP contribution in [0.4, 0.5) is 0 Å². The number of fused-ring (bicyclic) bond motifs is 2. The number of rotatable bonds is 11. The number of hydrogen-bond acceptors (Lipinski definition) is 10. The molecule has 0 atom stereocenters. The monoisotopic (exact) mass is 606 g/mol. The average Bonchev–Trinajstić information content (AvgIpc) is 3.42. The summed E-state index contributed by atoms with van der Waals surface area (Å²) in [6.07, 6.45) is 4.35. The fraction of sp³-hybridized carbons (Fsp3) is 0.417. The molecule has 0 N–H and O–H groups in total. The zero-order chi connectivity index (χ0) is 29.8. The fourth-order valence-corrected chi connectivity index (χ4v) is 3.99. The van der Waals surface area contributed by atoms with Crippen LogP contribution in [0.3, 0.4) is 0 Å². The summed E-state index contributed by atoms with van der Waals surface area (Å²) in [5.74, 6) is 0. The average molecular weight is 607 g/mol. The third-order valence-electron chi connectivity index (χ3n) is 5.57. The molecule has 0 saturated heterocycles. The molecular formula is C24H32Cl2N4O10. The number of imidazole rings is 2. The topological polar surface area (TPSA) is 221 Å². The molecule has 0 aliphatic heterocycles. The second kappa shape index (κ2) is 16.1. The summed E-state index contributed by atoms with van der Waals surface area (Å²) in [5.41, 5.74) is 5.04. The van der Waals surface area contributed by atoms with Gasteiger partial charge in [0.15, 0.2) is 22.1 Å². The number of aromatic nitrogens is 4. The highest BCUT2D eigenvalue weighted by molar-refractivity contribution is 5.72. The van der Waals surface area contributed by atoms with E-state index in [4.69, 9.17) is 46.7 Å². The van der Waals surface area contributed by atoms with Gasteiger partial charge in [-0.05, 0) is 38.1 Å². The van der Waals surface area contributed by atoms with Crippen LogP contribution < -0.4 is 46.4 Å². The van der Waals surface area contributed by atoms with Crippen molar-refractivity contribution in [2.75, 3.05) is 26.4 Å². The smallest absolute Gasteiger partial charge is 0.244 e. The van der Waals surface area contributed by atoms with Crippen LogP contribution >= 0.6 is 0 Å². The molecule has 0 unspecified atom stereocenters. The molecule has 0 bridgehead atoms. The SMILES string of the molecule is CCn1c[n+](CCOCCOCC[n+]2cn(CC)c3ccccc32)c2ccccc21.[O-][Cl+3]([O-])([O-])[O-].[O-][Cl+3]([O-])([O-])[O-]. The molecular weight excluding hydrogens is 575 g/mol. The first-order valence-electron chi connectivity index (χ1n) is 12.2. The van der Waals surface area contributed by atoms with Crippen LogP contribution in [0.25, 0.3) is 22.1 Å². The van der Waals surface area contributed by atoms with Crippen LogP contribution in [0, 0.1) is 20.5 Å². The first-order chi connectivity index (χ1) is 18.8. The number of aryl methyl sites for hydroxylation is 2. The summed E-state index contributed by atoms with van der Waals surface area (Å²) in [6, 6.07) is 17.0. The Kier molecular flexibility index (Phi) is 13.6. The van der Waals surface area contributed by atoms with E-state index in [2.05, 4.69) is 93.3 Å². The lowest BCUT2D eigenvalue weighted by atomic mass is 10.3. The Morgan fingerprint density at radius 3 is 1.23 bits per heavy atom. The Labute approximate surface area is 235 Å². The van der Waals surface area contributed by atoms with E-state index in [1.807, 2.05) is 0 Å². The van der Waals surface area contributed by atoms with E-state index in [0.29, 0.717) is 26.4 Å². The zero-order valence-electron chi connectivity index (χ0n) is 22.1. The van der Waals surface area contributed by atoms with Crippen molar-refractivity contribution >= 4 is 22.1 Å². The van der Waals surface area contributed by atoms with E-state index in [1.165, 1.54) is 22.1 Å². The van der Waals surface area contributed by atoms with E-state index in [1.54, 1.807) is 0 Å². The van der Waals surface area contributed by atoms with Gasteiger partial charge in [-0.3, -0.25) is 0 Å². The summed E-state index contributed by atoms with van der Waals surface area (Å²) >= 11 is 0. The van der Waals surface area contributed by atoms with Crippen molar-refractivity contribution in [2.24, 2.45) is 0 Å². The largest absolute Gasteiger partial charge is 0.375 e. The van der Waals surface area contributed by atoms with Crippen molar-refractivity contribution in [3.05, 3.63) is 61.2 Å². The third-order valence-corrected chi connectivity index (χ3v) is 5.57. The van der Waals surface area contributed by atoms with E-state index < -0.39 is 20.5 Å². The summed E-state index contributed by atoms with van der Waals surface area (Å²) in [6.45, 7) is 10.6. The van der Waals surface area contributed by atoms with Gasteiger partial charge in [0.25, 0.3) is 0 Å². The molecule has 0 fully saturated rings. The number of hydrogen-bond donors (Lipinski definition) is 0. The van der Waals surface area contributed by atoms with E-state index in [-0.39, 0.29) is 0 Å². The standard InChI is InChI=1S/C24H32N4O2.2ClHO4/c1-3-25-19-27(23-11-7-5-9-21(23)25)13-15-29-17-18-30-16-14-28-20-26(4-2)22-10-6-8-12-24(22)28;2*2-1(3,4)5/h5-12,19-20H,3-4,13-18H2,1-2H3;2*(H,2,3,4,5)/q+2;;/p-2. The molecule has 4 rings (SSSR count). The number of para-hydroxylation sites is 4. The van der Waals surface area contributed by atoms with E-state index in [9.17, 15) is 0 Å². The summed E-state index contributed by atoms with van der Waals surface area (Å²) in [5, 5.41) is 0. The van der Waals surface area contributed by atoms with Gasteiger partial charge in [-0.15, -0.1) is 20.5 Å². The summed E-state index contributed by atoms with van der Waals surface area (Å²) in [4.78, 5) is 0. The maximum atomic E-state index is 8.49. The molecule has 0 amide bonds. The van der Waals surface area contributed by atoms with Crippen molar-refractivity contribution in [3.8, 4) is 0 Å². The Hall–Kier alpha value is -2.44. The van der Waals surface area contributed by atoms with Gasteiger partial charge in [-0.1, -0.05) is 24.3 Å². The molecule has 2 aromatic heterocycles. The van der Waals surface area contributed by atoms with Crippen LogP contribution in [0.1, 0.15) is 13.8 Å². The molecule has 0 saturated carbocycles. The lowest BCUT2D eigenvalue weighted by molar-refractivity contribution is -2.00. The van der Waals surface area contributed by atoms with E-state index in [0.717, 1.165) is 26.2 Å². The summed E-state index contributed by atoms with van der Waals surface area (Å²) in [7, 11) is -9.89. The second-order valence-electron chi connectivity index (χ2n) is 8.15. The quantitative estimate of drug-likeness (QED) is 0.116. The van der Waals surface area contributed by atoms with Crippen molar-refractivity contribution in [3.63, 3.8) is 0 Å². The Balaban J connectivity index is 0.000000482. The van der Waals surface area contributed by atoms with Crippen LogP contribution in [0.15, 0.2) is 61.2 Å². The molecule has 0 aliphatic rings. The Morgan fingerprint density at radius 1 is 0.575 bits per heavy atom. The second-order valence-corrected chi connectivity index (χ2v) is 9.66. The minimum absolute atomic E-state index is 0.619. The highest BCUT2D eigenvalue weighted by atomic mass is 35.7. The maximum absolute atomic E-state index is 8.49. The Bertz CT molecular complexity index is 1190. The van der Waals surface area contributed by atoms with Gasteiger partial charge in [-0.2, -0.15) is 0 Å². The number of halogens is 2. The lowest BCUT2D eigenvalue weighted by Gasteiger charge is -2.17. The summed E-state index contributed by atoms with van der Waals surface area (Å²) < 4.78 is 88.6. The molecule has 2 aromatic carbocycles. The highest BCUT2D eigenvalue weighted by Gasteiger charge is 2.14. The normalized spacial score (nSPS) is 11.8. The van der Waals surface area contributed by atoms with Gasteiger partial charge >= 0.3 is 0 Å². The molecule has 0 spiro atoms. The molecule has 16 heteroatoms. The molecule has 222 valence electrons. The van der Waals surface area contributed by atoms with Gasteiger partial charge in [0.1, 0.15) is 13.1 Å². The van der Waals surface area contributed by atoms with Gasteiger partial charge < -0.3 is 9.47 Å². The molecule has 0 aliphatic carbocycles. The predicted molar refractivity (Wildman–Crippen MR) is 117 cm³/mol. The van der Waals surface area contributed by atoms with Crippen molar-refractivity contribution in [2.45, 2.75) is 40.0 Å². The predicted octanol–water partition coefficient (Wildman–Crippen LogP) is -6.57. The lowest BCUT2D eigenvalue weighted by Crippen LogP contribution is -2.68. The number of benzene rings is 2. The third kappa shape index (κ3) is 12.4. The fourth-order valence-electron chi connectivity index (χ4n) is 3.99. The van der Waals surface area contributed by atoms with Gasteiger partial charge in [0.05, 0.1) is 39.5 Å². The van der Waals surface area contributed by atoms with Crippen molar-refractivity contribution in [1.82, 2.24) is 9.13 Å². The first kappa shape index (κ1) is 33.8. The van der Waals surface area contributed by atoms with Crippen LogP contribution in [-0.4, -0.2) is 35.6 Å². The van der Waals surface area contributed by atoms with Gasteiger partial charge in [0, 0.05) is 0 Å². The van der Waals surface area contributed by atoms with Gasteiger partial charge in [0.2, 0.25) is 12.7 Å². The molecule has 0 radical (unpaired) electrons. The van der Waals surface area contributed by atoms with Crippen molar-refractivity contribution < 1.29 is 76.4 Å². The van der Waals surface area contributed by atoms with Crippen LogP contribution in [0.2, 0.25) is 0 Å². The zero-order valence-corrected chi connectivity index (χ0v) is 23.6. The Morgan fingerprint density at radius 2 is 0.900 bits per heavy atom. The number of ether oxygens (including phenoxy) is 2. The van der Waals surface area contributed by atoms with Crippen molar-refractivity contribution in [1.29, 1.82) is 0 Å². The first-order valence-corrected chi connectivity index (χ1v) is 14.6. The van der Waals surface area contributed by atoms with E-state index >= 15 is 0 Å². The molecule has 2 heterocycles. The number of nitrogens with zero attached hydrogens (tertiary/aromatic N) is 4. The van der Waals surface area contributed by atoms with Crippen LogP contribution in [0.5, 0.6) is 0 Å². The molecule has 40 heavy (non-hydrogen) atoms. The van der Waals surface area contributed by atoms with Gasteiger partial charge in [-0.25, -0.2) is 55.5 Å². The minimum atomic E-state index is -4.94. The maximum Gasteiger partial charge on any atom is 0.244 e.